The summed E-state index contributed by atoms with van der Waals surface area (Å²) in [5.41, 5.74) is 0.461. The van der Waals surface area contributed by atoms with Crippen LogP contribution >= 0.6 is 11.6 Å². The van der Waals surface area contributed by atoms with Gasteiger partial charge < -0.3 is 15.2 Å². The molecule has 0 heterocycles. The van der Waals surface area contributed by atoms with E-state index in [0.29, 0.717) is 17.4 Å². The third-order valence-electron chi connectivity index (χ3n) is 4.25. The fourth-order valence-corrected chi connectivity index (χ4v) is 3.14. The van der Waals surface area contributed by atoms with Crippen LogP contribution in [0.4, 0.5) is 0 Å². The molecule has 0 spiro atoms. The molecule has 21 heavy (non-hydrogen) atoms. The van der Waals surface area contributed by atoms with Gasteiger partial charge in [0.1, 0.15) is 12.4 Å². The van der Waals surface area contributed by atoms with E-state index >= 15 is 0 Å². The van der Waals surface area contributed by atoms with Crippen LogP contribution in [-0.2, 0) is 0 Å². The number of rotatable bonds is 6. The first-order valence-corrected chi connectivity index (χ1v) is 8.30. The minimum atomic E-state index is -0.683. The Morgan fingerprint density at radius 3 is 2.67 bits per heavy atom. The van der Waals surface area contributed by atoms with Crippen LogP contribution in [0.25, 0.3) is 0 Å². The molecule has 118 valence electrons. The van der Waals surface area contributed by atoms with Crippen LogP contribution < -0.4 is 10.1 Å². The SMILES string of the molecule is CCNC(C)c1ccc(OCC2(O)CCCCC2)c(Cl)c1. The van der Waals surface area contributed by atoms with Crippen molar-refractivity contribution in [3.05, 3.63) is 28.8 Å². The minimum Gasteiger partial charge on any atom is -0.489 e. The van der Waals surface area contributed by atoms with Crippen LogP contribution in [0.3, 0.4) is 0 Å². The van der Waals surface area contributed by atoms with Crippen molar-refractivity contribution in [2.24, 2.45) is 0 Å². The van der Waals surface area contributed by atoms with Gasteiger partial charge in [-0.15, -0.1) is 0 Å². The molecule has 1 aromatic rings. The van der Waals surface area contributed by atoms with Crippen LogP contribution in [0, 0.1) is 0 Å². The molecule has 0 saturated heterocycles. The summed E-state index contributed by atoms with van der Waals surface area (Å²) in [5.74, 6) is 0.656. The van der Waals surface area contributed by atoms with E-state index in [-0.39, 0.29) is 6.04 Å². The Morgan fingerprint density at radius 1 is 1.33 bits per heavy atom. The van der Waals surface area contributed by atoms with Crippen LogP contribution in [0.2, 0.25) is 5.02 Å². The summed E-state index contributed by atoms with van der Waals surface area (Å²) in [7, 11) is 0. The second kappa shape index (κ2) is 7.48. The molecule has 0 aromatic heterocycles. The van der Waals surface area contributed by atoms with E-state index in [4.69, 9.17) is 16.3 Å². The van der Waals surface area contributed by atoms with E-state index in [1.165, 1.54) is 6.42 Å². The third kappa shape index (κ3) is 4.60. The Labute approximate surface area is 132 Å². The molecular weight excluding hydrogens is 286 g/mol. The average Bonchev–Trinajstić information content (AvgIpc) is 2.47. The van der Waals surface area contributed by atoms with Gasteiger partial charge in [0.2, 0.25) is 0 Å². The smallest absolute Gasteiger partial charge is 0.138 e. The summed E-state index contributed by atoms with van der Waals surface area (Å²) in [4.78, 5) is 0. The van der Waals surface area contributed by atoms with Gasteiger partial charge in [0.15, 0.2) is 0 Å². The van der Waals surface area contributed by atoms with Crippen LogP contribution in [0.15, 0.2) is 18.2 Å². The third-order valence-corrected chi connectivity index (χ3v) is 4.54. The Morgan fingerprint density at radius 2 is 2.05 bits per heavy atom. The molecule has 4 heteroatoms. The van der Waals surface area contributed by atoms with Gasteiger partial charge in [-0.3, -0.25) is 0 Å². The summed E-state index contributed by atoms with van der Waals surface area (Å²) in [6.07, 6.45) is 5.00. The zero-order chi connectivity index (χ0) is 15.3. The van der Waals surface area contributed by atoms with Crippen molar-refractivity contribution >= 4 is 11.6 Å². The second-order valence-corrected chi connectivity index (χ2v) is 6.45. The summed E-state index contributed by atoms with van der Waals surface area (Å²) >= 11 is 6.30. The number of aliphatic hydroxyl groups is 1. The normalized spacial score (nSPS) is 19.2. The number of benzene rings is 1. The first kappa shape index (κ1) is 16.6. The van der Waals surface area contributed by atoms with Gasteiger partial charge in [-0.05, 0) is 44.0 Å². The Balaban J connectivity index is 1.97. The molecule has 1 aliphatic rings. The van der Waals surface area contributed by atoms with Crippen molar-refractivity contribution in [2.45, 2.75) is 57.6 Å². The number of halogens is 1. The second-order valence-electron chi connectivity index (χ2n) is 6.04. The van der Waals surface area contributed by atoms with Crippen molar-refractivity contribution < 1.29 is 9.84 Å². The Kier molecular flexibility index (Phi) is 5.91. The fourth-order valence-electron chi connectivity index (χ4n) is 2.89. The fraction of sp³-hybridized carbons (Fsp3) is 0.647. The van der Waals surface area contributed by atoms with E-state index in [2.05, 4.69) is 19.2 Å². The van der Waals surface area contributed by atoms with Crippen LogP contribution in [-0.4, -0.2) is 23.9 Å². The predicted octanol–water partition coefficient (Wildman–Crippen LogP) is 4.08. The molecule has 0 bridgehead atoms. The maximum Gasteiger partial charge on any atom is 0.138 e. The van der Waals surface area contributed by atoms with E-state index < -0.39 is 5.60 Å². The maximum atomic E-state index is 10.5. The number of nitrogens with one attached hydrogen (secondary N) is 1. The van der Waals surface area contributed by atoms with E-state index in [1.807, 2.05) is 18.2 Å². The molecule has 1 fully saturated rings. The molecule has 1 saturated carbocycles. The summed E-state index contributed by atoms with van der Waals surface area (Å²) in [5, 5.41) is 14.4. The molecule has 0 radical (unpaired) electrons. The number of hydrogen-bond donors (Lipinski definition) is 2. The van der Waals surface area contributed by atoms with Gasteiger partial charge in [-0.2, -0.15) is 0 Å². The first-order valence-electron chi connectivity index (χ1n) is 7.92. The zero-order valence-corrected chi connectivity index (χ0v) is 13.7. The standard InChI is InChI=1S/C17H26ClNO2/c1-3-19-13(2)14-7-8-16(15(18)11-14)21-12-17(20)9-5-4-6-10-17/h7-8,11,13,19-20H,3-6,9-10,12H2,1-2H3. The molecular formula is C17H26ClNO2. The highest BCUT2D eigenvalue weighted by Gasteiger charge is 2.30. The summed E-state index contributed by atoms with van der Waals surface area (Å²) < 4.78 is 5.77. The van der Waals surface area contributed by atoms with E-state index in [0.717, 1.165) is 37.8 Å². The molecule has 3 nitrogen and oxygen atoms in total. The highest BCUT2D eigenvalue weighted by atomic mass is 35.5. The van der Waals surface area contributed by atoms with Gasteiger partial charge in [0.25, 0.3) is 0 Å². The molecule has 1 aromatic carbocycles. The van der Waals surface area contributed by atoms with Crippen molar-refractivity contribution in [3.8, 4) is 5.75 Å². The zero-order valence-electron chi connectivity index (χ0n) is 13.0. The van der Waals surface area contributed by atoms with Gasteiger partial charge in [-0.1, -0.05) is 43.9 Å². The van der Waals surface area contributed by atoms with Gasteiger partial charge in [0.05, 0.1) is 10.6 Å². The van der Waals surface area contributed by atoms with E-state index in [9.17, 15) is 5.11 Å². The lowest BCUT2D eigenvalue weighted by Gasteiger charge is -2.31. The Bertz CT molecular complexity index is 458. The highest BCUT2D eigenvalue weighted by Crippen LogP contribution is 2.32. The van der Waals surface area contributed by atoms with Gasteiger partial charge in [-0.25, -0.2) is 0 Å². The largest absolute Gasteiger partial charge is 0.489 e. The first-order chi connectivity index (χ1) is 10.0. The quantitative estimate of drug-likeness (QED) is 0.831. The molecule has 1 atom stereocenters. The minimum absolute atomic E-state index is 0.268. The van der Waals surface area contributed by atoms with Crippen molar-refractivity contribution in [1.29, 1.82) is 0 Å². The topological polar surface area (TPSA) is 41.5 Å². The molecule has 2 N–H and O–H groups in total. The lowest BCUT2D eigenvalue weighted by molar-refractivity contribution is -0.0338. The van der Waals surface area contributed by atoms with Gasteiger partial charge >= 0.3 is 0 Å². The predicted molar refractivity (Wildman–Crippen MR) is 87.1 cm³/mol. The highest BCUT2D eigenvalue weighted by molar-refractivity contribution is 6.32. The maximum absolute atomic E-state index is 10.5. The van der Waals surface area contributed by atoms with E-state index in [1.54, 1.807) is 0 Å². The molecule has 0 amide bonds. The lowest BCUT2D eigenvalue weighted by atomic mass is 9.85. The molecule has 1 aliphatic carbocycles. The van der Waals surface area contributed by atoms with Crippen molar-refractivity contribution in [3.63, 3.8) is 0 Å². The van der Waals surface area contributed by atoms with Crippen molar-refractivity contribution in [2.75, 3.05) is 13.2 Å². The summed E-state index contributed by atoms with van der Waals surface area (Å²) in [6.45, 7) is 5.44. The van der Waals surface area contributed by atoms with Crippen LogP contribution in [0.1, 0.15) is 57.6 Å². The lowest BCUT2D eigenvalue weighted by Crippen LogP contribution is -2.37. The number of ether oxygens (including phenoxy) is 1. The molecule has 1 unspecified atom stereocenters. The van der Waals surface area contributed by atoms with Gasteiger partial charge in [0, 0.05) is 6.04 Å². The van der Waals surface area contributed by atoms with Crippen LogP contribution in [0.5, 0.6) is 5.75 Å². The monoisotopic (exact) mass is 311 g/mol. The molecule has 0 aliphatic heterocycles. The number of hydrogen-bond acceptors (Lipinski definition) is 3. The average molecular weight is 312 g/mol. The Hall–Kier alpha value is -0.770. The van der Waals surface area contributed by atoms with Crippen molar-refractivity contribution in [1.82, 2.24) is 5.32 Å². The summed E-state index contributed by atoms with van der Waals surface area (Å²) in [6, 6.07) is 6.14. The molecule has 2 rings (SSSR count).